The highest BCUT2D eigenvalue weighted by Crippen LogP contribution is 2.42. The van der Waals surface area contributed by atoms with Gasteiger partial charge in [0.1, 0.15) is 5.03 Å². The van der Waals surface area contributed by atoms with Crippen molar-refractivity contribution in [2.75, 3.05) is 5.32 Å². The van der Waals surface area contributed by atoms with Gasteiger partial charge in [-0.25, -0.2) is 0 Å². The summed E-state index contributed by atoms with van der Waals surface area (Å²) in [4.78, 5) is 1.14. The topological polar surface area (TPSA) is 32.3 Å². The number of benzene rings is 2. The van der Waals surface area contributed by atoms with E-state index in [0.29, 0.717) is 5.76 Å². The number of fused-ring (bicyclic) bond motifs is 1. The first-order valence-corrected chi connectivity index (χ1v) is 6.19. The van der Waals surface area contributed by atoms with Gasteiger partial charge in [-0.3, -0.25) is 0 Å². The molecule has 1 aliphatic rings. The lowest BCUT2D eigenvalue weighted by atomic mass is 10.2. The highest BCUT2D eigenvalue weighted by molar-refractivity contribution is 8.04. The van der Waals surface area contributed by atoms with E-state index in [1.165, 1.54) is 0 Å². The van der Waals surface area contributed by atoms with Crippen LogP contribution in [0.15, 0.2) is 64.5 Å². The summed E-state index contributed by atoms with van der Waals surface area (Å²) in [7, 11) is 0. The van der Waals surface area contributed by atoms with E-state index >= 15 is 0 Å². The van der Waals surface area contributed by atoms with E-state index in [2.05, 4.69) is 5.32 Å². The maximum absolute atomic E-state index is 10.2. The highest BCUT2D eigenvalue weighted by Gasteiger charge is 2.19. The molecule has 2 aromatic rings. The van der Waals surface area contributed by atoms with Crippen LogP contribution < -0.4 is 5.32 Å². The van der Waals surface area contributed by atoms with Gasteiger partial charge in [0, 0.05) is 10.5 Å². The molecule has 17 heavy (non-hydrogen) atoms. The molecule has 0 aliphatic carbocycles. The van der Waals surface area contributed by atoms with E-state index in [1.54, 1.807) is 11.8 Å². The van der Waals surface area contributed by atoms with E-state index in [0.717, 1.165) is 21.2 Å². The Morgan fingerprint density at radius 3 is 2.41 bits per heavy atom. The summed E-state index contributed by atoms with van der Waals surface area (Å²) in [5.74, 6) is 0.298. The minimum Gasteiger partial charge on any atom is -0.505 e. The monoisotopic (exact) mass is 241 g/mol. The van der Waals surface area contributed by atoms with Crippen LogP contribution in [0.4, 0.5) is 5.69 Å². The first-order chi connectivity index (χ1) is 8.34. The second-order valence-corrected chi connectivity index (χ2v) is 4.82. The normalized spacial score (nSPS) is 16.2. The Hall–Kier alpha value is -1.87. The number of nitrogens with one attached hydrogen (secondary N) is 1. The first-order valence-electron chi connectivity index (χ1n) is 5.37. The van der Waals surface area contributed by atoms with E-state index in [9.17, 15) is 5.11 Å². The highest BCUT2D eigenvalue weighted by atomic mass is 32.2. The van der Waals surface area contributed by atoms with Crippen molar-refractivity contribution in [2.24, 2.45) is 0 Å². The Bertz CT molecular complexity index is 551. The van der Waals surface area contributed by atoms with Gasteiger partial charge in [-0.2, -0.15) is 0 Å². The molecule has 0 aromatic heterocycles. The van der Waals surface area contributed by atoms with Gasteiger partial charge < -0.3 is 10.4 Å². The van der Waals surface area contributed by atoms with Crippen LogP contribution in [0.2, 0.25) is 0 Å². The lowest BCUT2D eigenvalue weighted by molar-refractivity contribution is 0.510. The molecule has 3 heteroatoms. The minimum atomic E-state index is 0.298. The van der Waals surface area contributed by atoms with Gasteiger partial charge in [-0.1, -0.05) is 54.2 Å². The van der Waals surface area contributed by atoms with Crippen LogP contribution in [-0.4, -0.2) is 5.11 Å². The molecule has 0 unspecified atom stereocenters. The number of anilines is 1. The molecule has 0 bridgehead atoms. The lowest BCUT2D eigenvalue weighted by Crippen LogP contribution is -1.94. The van der Waals surface area contributed by atoms with Crippen LogP contribution in [0.5, 0.6) is 0 Å². The molecule has 2 aromatic carbocycles. The molecule has 0 atom stereocenters. The van der Waals surface area contributed by atoms with E-state index < -0.39 is 0 Å². The van der Waals surface area contributed by atoms with Gasteiger partial charge in [0.2, 0.25) is 0 Å². The van der Waals surface area contributed by atoms with E-state index in [-0.39, 0.29) is 0 Å². The van der Waals surface area contributed by atoms with Gasteiger partial charge in [0.15, 0.2) is 5.76 Å². The van der Waals surface area contributed by atoms with Crippen molar-refractivity contribution >= 4 is 23.2 Å². The molecule has 2 nitrogen and oxygen atoms in total. The second-order valence-electron chi connectivity index (χ2n) is 3.77. The zero-order valence-electron chi connectivity index (χ0n) is 9.05. The summed E-state index contributed by atoms with van der Waals surface area (Å²) in [6.45, 7) is 0. The van der Waals surface area contributed by atoms with Gasteiger partial charge >= 0.3 is 0 Å². The van der Waals surface area contributed by atoms with Gasteiger partial charge in [0.25, 0.3) is 0 Å². The van der Waals surface area contributed by atoms with Gasteiger partial charge in [0.05, 0.1) is 5.69 Å². The Labute approximate surface area is 104 Å². The van der Waals surface area contributed by atoms with Crippen LogP contribution in [-0.2, 0) is 0 Å². The smallest absolute Gasteiger partial charge is 0.153 e. The summed E-state index contributed by atoms with van der Waals surface area (Å²) < 4.78 is 0. The average molecular weight is 241 g/mol. The molecule has 0 saturated heterocycles. The fraction of sp³-hybridized carbons (Fsp3) is 0. The number of hydrogen-bond donors (Lipinski definition) is 2. The van der Waals surface area contributed by atoms with Crippen molar-refractivity contribution < 1.29 is 5.11 Å². The van der Waals surface area contributed by atoms with Crippen molar-refractivity contribution in [1.82, 2.24) is 0 Å². The average Bonchev–Trinajstić information content (AvgIpc) is 2.82. The first kappa shape index (κ1) is 10.3. The van der Waals surface area contributed by atoms with Gasteiger partial charge in [-0.15, -0.1) is 0 Å². The van der Waals surface area contributed by atoms with Crippen molar-refractivity contribution in [3.63, 3.8) is 0 Å². The number of hydrogen-bond acceptors (Lipinski definition) is 3. The summed E-state index contributed by atoms with van der Waals surface area (Å²) >= 11 is 1.56. The predicted octanol–water partition coefficient (Wildman–Crippen LogP) is 4.09. The fourth-order valence-corrected chi connectivity index (χ4v) is 2.72. The summed E-state index contributed by atoms with van der Waals surface area (Å²) in [5, 5.41) is 14.2. The Kier molecular flexibility index (Phi) is 2.53. The van der Waals surface area contributed by atoms with E-state index in [1.807, 2.05) is 54.6 Å². The molecular weight excluding hydrogens is 230 g/mol. The maximum atomic E-state index is 10.2. The minimum absolute atomic E-state index is 0.298. The van der Waals surface area contributed by atoms with Crippen molar-refractivity contribution in [3.8, 4) is 0 Å². The Morgan fingerprint density at radius 1 is 0.941 bits per heavy atom. The molecule has 0 fully saturated rings. The third-order valence-corrected chi connectivity index (χ3v) is 3.69. The molecule has 3 rings (SSSR count). The van der Waals surface area contributed by atoms with Crippen molar-refractivity contribution in [3.05, 3.63) is 65.2 Å². The zero-order valence-corrected chi connectivity index (χ0v) is 9.87. The Morgan fingerprint density at radius 2 is 1.65 bits per heavy atom. The molecule has 1 heterocycles. The number of thioether (sulfide) groups is 1. The molecule has 0 saturated carbocycles. The van der Waals surface area contributed by atoms with Crippen LogP contribution in [0.1, 0.15) is 5.56 Å². The van der Waals surface area contributed by atoms with Crippen molar-refractivity contribution in [2.45, 2.75) is 4.90 Å². The Balaban J connectivity index is 1.98. The molecule has 2 N–H and O–H groups in total. The third-order valence-electron chi connectivity index (χ3n) is 2.61. The second kappa shape index (κ2) is 4.18. The van der Waals surface area contributed by atoms with Crippen LogP contribution in [0.25, 0.3) is 5.76 Å². The fourth-order valence-electron chi connectivity index (χ4n) is 1.75. The largest absolute Gasteiger partial charge is 0.505 e. The number of aliphatic hydroxyl groups excluding tert-OH is 1. The molecule has 0 amide bonds. The molecular formula is C14H11NOS. The number of para-hydroxylation sites is 1. The van der Waals surface area contributed by atoms with Crippen molar-refractivity contribution in [1.29, 1.82) is 0 Å². The summed E-state index contributed by atoms with van der Waals surface area (Å²) in [6.07, 6.45) is 0. The van der Waals surface area contributed by atoms with Crippen LogP contribution in [0.3, 0.4) is 0 Å². The molecule has 0 radical (unpaired) electrons. The van der Waals surface area contributed by atoms with Crippen LogP contribution >= 0.6 is 11.8 Å². The summed E-state index contributed by atoms with van der Waals surface area (Å²) in [5.41, 5.74) is 1.88. The molecule has 0 spiro atoms. The predicted molar refractivity (Wildman–Crippen MR) is 71.9 cm³/mol. The van der Waals surface area contributed by atoms with Crippen LogP contribution in [0, 0.1) is 0 Å². The number of rotatable bonds is 1. The standard InChI is InChI=1S/C14H11NOS/c16-13(10-6-2-1-3-7-10)14-15-11-8-4-5-9-12(11)17-14/h1-9,15-16H/b14-13+. The quantitative estimate of drug-likeness (QED) is 0.738. The number of aliphatic hydroxyl groups is 1. The molecule has 1 aliphatic heterocycles. The van der Waals surface area contributed by atoms with E-state index in [4.69, 9.17) is 0 Å². The molecule has 84 valence electrons. The zero-order chi connectivity index (χ0) is 11.7. The lowest BCUT2D eigenvalue weighted by Gasteiger charge is -2.04. The maximum Gasteiger partial charge on any atom is 0.153 e. The van der Waals surface area contributed by atoms with Gasteiger partial charge in [-0.05, 0) is 12.1 Å². The SMILES string of the molecule is O/C(=C1\Nc2ccccc2S1)c1ccccc1. The summed E-state index contributed by atoms with van der Waals surface area (Å²) in [6, 6.07) is 17.6. The third kappa shape index (κ3) is 1.89.